The Bertz CT molecular complexity index is 499. The van der Waals surface area contributed by atoms with Crippen LogP contribution in [0.3, 0.4) is 0 Å². The zero-order chi connectivity index (χ0) is 17.4. The summed E-state index contributed by atoms with van der Waals surface area (Å²) in [5, 5.41) is 0. The molecule has 1 aromatic rings. The molecular weight excluding hydrogens is 336 g/mol. The third kappa shape index (κ3) is 6.96. The number of halogens is 1. The van der Waals surface area contributed by atoms with Gasteiger partial charge in [0, 0.05) is 26.1 Å². The number of hydrogen-bond donors (Lipinski definition) is 1. The summed E-state index contributed by atoms with van der Waals surface area (Å²) in [7, 11) is 0. The molecule has 2 N–H and O–H groups in total. The fourth-order valence-electron chi connectivity index (χ4n) is 3.20. The number of rotatable bonds is 8. The minimum atomic E-state index is 0. The first kappa shape index (κ1) is 21.9. The third-order valence-corrected chi connectivity index (χ3v) is 4.93. The minimum Gasteiger partial charge on any atom is -0.378 e. The summed E-state index contributed by atoms with van der Waals surface area (Å²) in [6, 6.07) is 8.66. The van der Waals surface area contributed by atoms with E-state index < -0.39 is 0 Å². The smallest absolute Gasteiger partial charge is 0.223 e. The molecule has 1 aliphatic heterocycles. The highest BCUT2D eigenvalue weighted by atomic mass is 35.5. The van der Waals surface area contributed by atoms with Crippen molar-refractivity contribution in [1.82, 2.24) is 4.90 Å². The highest BCUT2D eigenvalue weighted by Gasteiger charge is 2.24. The predicted octanol–water partition coefficient (Wildman–Crippen LogP) is 3.52. The predicted molar refractivity (Wildman–Crippen MR) is 105 cm³/mol. The Kier molecular flexibility index (Phi) is 10.1. The molecule has 0 spiro atoms. The summed E-state index contributed by atoms with van der Waals surface area (Å²) >= 11 is 0. The van der Waals surface area contributed by atoms with Gasteiger partial charge in [-0.2, -0.15) is 0 Å². The third-order valence-electron chi connectivity index (χ3n) is 4.93. The monoisotopic (exact) mass is 368 g/mol. The molecule has 1 unspecified atom stereocenters. The molecule has 2 rings (SSSR count). The number of ether oxygens (including phenoxy) is 1. The van der Waals surface area contributed by atoms with E-state index in [1.807, 2.05) is 4.90 Å². The zero-order valence-corrected chi connectivity index (χ0v) is 16.4. The molecule has 1 fully saturated rings. The molecule has 5 heteroatoms. The lowest BCUT2D eigenvalue weighted by molar-refractivity contribution is -0.134. The molecule has 0 aliphatic carbocycles. The first-order valence-electron chi connectivity index (χ1n) is 9.32. The molecule has 1 aliphatic rings. The first-order chi connectivity index (χ1) is 11.6. The molecular formula is C20H33ClN2O2. The van der Waals surface area contributed by atoms with Gasteiger partial charge in [-0.05, 0) is 49.3 Å². The molecule has 1 aromatic carbocycles. The van der Waals surface area contributed by atoms with Gasteiger partial charge < -0.3 is 15.4 Å². The second-order valence-corrected chi connectivity index (χ2v) is 6.79. The highest BCUT2D eigenvalue weighted by molar-refractivity contribution is 5.85. The second-order valence-electron chi connectivity index (χ2n) is 6.79. The Morgan fingerprint density at radius 3 is 2.48 bits per heavy atom. The number of piperidine rings is 1. The van der Waals surface area contributed by atoms with Crippen LogP contribution in [0.2, 0.25) is 0 Å². The number of benzene rings is 1. The van der Waals surface area contributed by atoms with E-state index in [0.717, 1.165) is 45.4 Å². The van der Waals surface area contributed by atoms with E-state index in [2.05, 4.69) is 38.1 Å². The van der Waals surface area contributed by atoms with Crippen molar-refractivity contribution in [2.24, 2.45) is 5.73 Å². The molecule has 4 nitrogen and oxygen atoms in total. The fraction of sp³-hybridized carbons (Fsp3) is 0.650. The lowest BCUT2D eigenvalue weighted by atomic mass is 9.95. The van der Waals surface area contributed by atoms with Crippen LogP contribution >= 0.6 is 12.4 Å². The summed E-state index contributed by atoms with van der Waals surface area (Å²) in [5.41, 5.74) is 8.08. The normalized spacial score (nSPS) is 16.4. The molecule has 142 valence electrons. The summed E-state index contributed by atoms with van der Waals surface area (Å²) < 4.78 is 5.81. The van der Waals surface area contributed by atoms with Gasteiger partial charge in [-0.25, -0.2) is 0 Å². The van der Waals surface area contributed by atoms with Gasteiger partial charge in [0.1, 0.15) is 0 Å². The Labute approximate surface area is 158 Å². The maximum absolute atomic E-state index is 12.5. The maximum atomic E-state index is 12.5. The minimum absolute atomic E-state index is 0. The van der Waals surface area contributed by atoms with Crippen LogP contribution in [0.1, 0.15) is 56.6 Å². The summed E-state index contributed by atoms with van der Waals surface area (Å²) in [4.78, 5) is 14.5. The highest BCUT2D eigenvalue weighted by Crippen LogP contribution is 2.22. The number of likely N-dealkylation sites (tertiary alicyclic amines) is 1. The number of carbonyl (C=O) groups excluding carboxylic acids is 1. The van der Waals surface area contributed by atoms with E-state index >= 15 is 0 Å². The molecule has 0 bridgehead atoms. The van der Waals surface area contributed by atoms with Crippen LogP contribution in [0, 0.1) is 0 Å². The van der Waals surface area contributed by atoms with E-state index in [-0.39, 0.29) is 24.2 Å². The van der Waals surface area contributed by atoms with Crippen molar-refractivity contribution in [2.75, 3.05) is 26.2 Å². The number of nitrogens with two attached hydrogens (primary N) is 1. The largest absolute Gasteiger partial charge is 0.378 e. The zero-order valence-electron chi connectivity index (χ0n) is 15.6. The van der Waals surface area contributed by atoms with Crippen molar-refractivity contribution >= 4 is 18.3 Å². The van der Waals surface area contributed by atoms with Crippen LogP contribution in [-0.4, -0.2) is 43.2 Å². The van der Waals surface area contributed by atoms with Gasteiger partial charge in [-0.3, -0.25) is 4.79 Å². The maximum Gasteiger partial charge on any atom is 0.223 e. The van der Waals surface area contributed by atoms with E-state index in [0.29, 0.717) is 19.1 Å². The Morgan fingerprint density at radius 1 is 1.28 bits per heavy atom. The second kappa shape index (κ2) is 11.5. The van der Waals surface area contributed by atoms with Crippen LogP contribution in [0.5, 0.6) is 0 Å². The molecule has 0 saturated carbocycles. The van der Waals surface area contributed by atoms with E-state index in [4.69, 9.17) is 10.5 Å². The van der Waals surface area contributed by atoms with Crippen molar-refractivity contribution in [1.29, 1.82) is 0 Å². The number of nitrogens with zero attached hydrogens (tertiary/aromatic N) is 1. The van der Waals surface area contributed by atoms with Gasteiger partial charge in [0.25, 0.3) is 0 Å². The van der Waals surface area contributed by atoms with Crippen LogP contribution in [0.4, 0.5) is 0 Å². The fourth-order valence-corrected chi connectivity index (χ4v) is 3.20. The van der Waals surface area contributed by atoms with Gasteiger partial charge in [0.2, 0.25) is 5.91 Å². The average molecular weight is 369 g/mol. The standard InChI is InChI=1S/C20H32N2O2.ClH/c1-3-17-5-7-18(8-6-17)16(2)15-20(23)22-12-9-19(10-13-22)24-14-4-11-21;/h5-8,16,19H,3-4,9-15,21H2,1-2H3;1H. The first-order valence-corrected chi connectivity index (χ1v) is 9.32. The Hall–Kier alpha value is -1.10. The van der Waals surface area contributed by atoms with Gasteiger partial charge in [-0.15, -0.1) is 12.4 Å². The molecule has 0 aromatic heterocycles. The van der Waals surface area contributed by atoms with E-state index in [9.17, 15) is 4.79 Å². The summed E-state index contributed by atoms with van der Waals surface area (Å²) in [6.07, 6.45) is 4.72. The molecule has 25 heavy (non-hydrogen) atoms. The Balaban J connectivity index is 0.00000312. The van der Waals surface area contributed by atoms with Crippen molar-refractivity contribution < 1.29 is 9.53 Å². The van der Waals surface area contributed by atoms with E-state index in [1.54, 1.807) is 0 Å². The van der Waals surface area contributed by atoms with Crippen LogP contribution in [0.25, 0.3) is 0 Å². The number of hydrogen-bond acceptors (Lipinski definition) is 3. The van der Waals surface area contributed by atoms with Crippen LogP contribution < -0.4 is 5.73 Å². The summed E-state index contributed by atoms with van der Waals surface area (Å²) in [5.74, 6) is 0.532. The van der Waals surface area contributed by atoms with Crippen molar-refractivity contribution in [3.8, 4) is 0 Å². The molecule has 1 saturated heterocycles. The van der Waals surface area contributed by atoms with Crippen molar-refractivity contribution in [3.63, 3.8) is 0 Å². The van der Waals surface area contributed by atoms with Gasteiger partial charge in [0.05, 0.1) is 6.10 Å². The molecule has 1 atom stereocenters. The van der Waals surface area contributed by atoms with Gasteiger partial charge in [0.15, 0.2) is 0 Å². The van der Waals surface area contributed by atoms with E-state index in [1.165, 1.54) is 11.1 Å². The summed E-state index contributed by atoms with van der Waals surface area (Å²) in [6.45, 7) is 7.34. The topological polar surface area (TPSA) is 55.6 Å². The van der Waals surface area contributed by atoms with Crippen LogP contribution in [0.15, 0.2) is 24.3 Å². The number of amides is 1. The lowest BCUT2D eigenvalue weighted by Gasteiger charge is -2.32. The molecule has 0 radical (unpaired) electrons. The lowest BCUT2D eigenvalue weighted by Crippen LogP contribution is -2.41. The quantitative estimate of drug-likeness (QED) is 0.714. The average Bonchev–Trinajstić information content (AvgIpc) is 2.62. The molecule has 1 amide bonds. The van der Waals surface area contributed by atoms with Gasteiger partial charge >= 0.3 is 0 Å². The van der Waals surface area contributed by atoms with Crippen molar-refractivity contribution in [2.45, 2.75) is 58.0 Å². The number of aryl methyl sites for hydroxylation is 1. The Morgan fingerprint density at radius 2 is 1.92 bits per heavy atom. The SMILES string of the molecule is CCc1ccc(C(C)CC(=O)N2CCC(OCCCN)CC2)cc1.Cl. The van der Waals surface area contributed by atoms with Crippen LogP contribution in [-0.2, 0) is 16.0 Å². The van der Waals surface area contributed by atoms with Crippen molar-refractivity contribution in [3.05, 3.63) is 35.4 Å². The molecule has 1 heterocycles. The number of carbonyl (C=O) groups is 1. The van der Waals surface area contributed by atoms with Gasteiger partial charge in [-0.1, -0.05) is 38.1 Å².